The average molecular weight is 645 g/mol. The summed E-state index contributed by atoms with van der Waals surface area (Å²) in [6.45, 7) is 17.2. The maximum absolute atomic E-state index is 14.6. The molecule has 8 atom stereocenters. The first-order chi connectivity index (χ1) is 21.5. The van der Waals surface area contributed by atoms with Crippen LogP contribution in [0.3, 0.4) is 0 Å². The van der Waals surface area contributed by atoms with E-state index < -0.39 is 5.41 Å². The summed E-state index contributed by atoms with van der Waals surface area (Å²) < 4.78 is 5.59. The maximum Gasteiger partial charge on any atom is 0.226 e. The van der Waals surface area contributed by atoms with Crippen LogP contribution in [0.25, 0.3) is 11.3 Å². The van der Waals surface area contributed by atoms with E-state index >= 15 is 0 Å². The molecule has 1 N–H and O–H groups in total. The lowest BCUT2D eigenvalue weighted by Gasteiger charge is -2.70. The van der Waals surface area contributed by atoms with E-state index in [1.54, 1.807) is 0 Å². The summed E-state index contributed by atoms with van der Waals surface area (Å²) in [7, 11) is 0. The largest absolute Gasteiger partial charge is 0.359 e. The Balaban J connectivity index is 1.14. The van der Waals surface area contributed by atoms with Crippen molar-refractivity contribution in [2.24, 2.45) is 50.2 Å². The van der Waals surface area contributed by atoms with Crippen LogP contribution in [0.15, 0.2) is 46.5 Å². The molecule has 6 heteroatoms. The van der Waals surface area contributed by atoms with Gasteiger partial charge in [-0.2, -0.15) is 0 Å². The van der Waals surface area contributed by atoms with Crippen molar-refractivity contribution in [2.75, 3.05) is 0 Å². The standard InChI is InChI=1S/C40H53ClN2O3/c1-35(2)14-8-15-38(5)32(35)13-16-40(7)33(38)31(44)22-28-29-23-37(4,18-17-36(29,3)19-20-39(28,40)6)34(45)42-24-27-21-30(43-46-27)25-9-11-26(41)12-10-25/h9-12,21-22,29,32-33H,8,13-20,23-24H2,1-7H3,(H,42,45)/t29-,32?,33?,36-,37+,38+,39+,40-/m1/s1. The Kier molecular flexibility index (Phi) is 7.38. The molecule has 46 heavy (non-hydrogen) atoms. The zero-order chi connectivity index (χ0) is 32.9. The highest BCUT2D eigenvalue weighted by molar-refractivity contribution is 6.30. The number of benzene rings is 1. The highest BCUT2D eigenvalue weighted by Crippen LogP contribution is 2.75. The summed E-state index contributed by atoms with van der Waals surface area (Å²) >= 11 is 6.04. The lowest BCUT2D eigenvalue weighted by Crippen LogP contribution is -2.65. The molecule has 1 amide bonds. The van der Waals surface area contributed by atoms with Crippen LogP contribution in [0.4, 0.5) is 0 Å². The third-order valence-electron chi connectivity index (χ3n) is 15.0. The van der Waals surface area contributed by atoms with E-state index in [-0.39, 0.29) is 44.8 Å². The van der Waals surface area contributed by atoms with Crippen LogP contribution in [0, 0.1) is 50.2 Å². The van der Waals surface area contributed by atoms with Gasteiger partial charge in [-0.15, -0.1) is 0 Å². The molecule has 5 aliphatic rings. The number of carbonyl (C=O) groups is 2. The first-order valence-electron chi connectivity index (χ1n) is 17.8. The van der Waals surface area contributed by atoms with E-state index in [9.17, 15) is 9.59 Å². The number of ketones is 1. The second-order valence-electron chi connectivity index (χ2n) is 18.0. The average Bonchev–Trinajstić information content (AvgIpc) is 3.47. The molecule has 7 rings (SSSR count). The van der Waals surface area contributed by atoms with Crippen LogP contribution in [-0.4, -0.2) is 16.8 Å². The number of hydrogen-bond donors (Lipinski definition) is 1. The molecule has 1 aromatic heterocycles. The second-order valence-corrected chi connectivity index (χ2v) is 18.4. The predicted molar refractivity (Wildman–Crippen MR) is 183 cm³/mol. The normalized spacial score (nSPS) is 41.3. The zero-order valence-corrected chi connectivity index (χ0v) is 29.8. The molecule has 0 bridgehead atoms. The molecule has 0 aliphatic heterocycles. The van der Waals surface area contributed by atoms with Crippen molar-refractivity contribution in [3.05, 3.63) is 52.8 Å². The van der Waals surface area contributed by atoms with Crippen molar-refractivity contribution in [3.63, 3.8) is 0 Å². The number of fused-ring (bicyclic) bond motifs is 7. The number of halogens is 1. The molecular weight excluding hydrogens is 592 g/mol. The van der Waals surface area contributed by atoms with Crippen molar-refractivity contribution >= 4 is 23.3 Å². The van der Waals surface area contributed by atoms with E-state index in [2.05, 4.69) is 65.0 Å². The van der Waals surface area contributed by atoms with Crippen LogP contribution >= 0.6 is 11.6 Å². The van der Waals surface area contributed by atoms with E-state index in [0.717, 1.165) is 56.2 Å². The minimum atomic E-state index is -0.514. The topological polar surface area (TPSA) is 72.2 Å². The Morgan fingerprint density at radius 1 is 0.957 bits per heavy atom. The van der Waals surface area contributed by atoms with Gasteiger partial charge in [0.1, 0.15) is 5.69 Å². The van der Waals surface area contributed by atoms with Crippen LogP contribution in [0.1, 0.15) is 118 Å². The molecule has 5 nitrogen and oxygen atoms in total. The SMILES string of the molecule is CC1(C)CCC[C@@]2(C)C1CC[C@]1(C)C2C(=O)C=C2[C@H]3C[C@@](C)(C(=O)NCc4cc(-c5ccc(Cl)cc5)no4)CC[C@]3(C)CC[C@@]21C. The summed E-state index contributed by atoms with van der Waals surface area (Å²) in [6.07, 6.45) is 13.1. The Bertz CT molecular complexity index is 1590. The molecule has 248 valence electrons. The molecule has 4 saturated carbocycles. The lowest BCUT2D eigenvalue weighted by molar-refractivity contribution is -0.185. The first-order valence-corrected chi connectivity index (χ1v) is 18.2. The minimum absolute atomic E-state index is 0.0298. The predicted octanol–water partition coefficient (Wildman–Crippen LogP) is 9.98. The number of aromatic nitrogens is 1. The van der Waals surface area contributed by atoms with Gasteiger partial charge in [0.15, 0.2) is 11.5 Å². The van der Waals surface area contributed by atoms with Gasteiger partial charge in [-0.1, -0.05) is 89.4 Å². The van der Waals surface area contributed by atoms with Crippen molar-refractivity contribution in [1.29, 1.82) is 0 Å². The highest BCUT2D eigenvalue weighted by atomic mass is 35.5. The van der Waals surface area contributed by atoms with Gasteiger partial charge in [-0.25, -0.2) is 0 Å². The van der Waals surface area contributed by atoms with Gasteiger partial charge >= 0.3 is 0 Å². The number of carbonyl (C=O) groups excluding carboxylic acids is 2. The highest BCUT2D eigenvalue weighted by Gasteiger charge is 2.69. The summed E-state index contributed by atoms with van der Waals surface area (Å²) in [5.74, 6) is 1.97. The molecule has 0 radical (unpaired) electrons. The molecule has 1 aromatic carbocycles. The lowest BCUT2D eigenvalue weighted by atomic mass is 9.33. The third kappa shape index (κ3) is 4.64. The molecule has 0 spiro atoms. The Morgan fingerprint density at radius 3 is 2.41 bits per heavy atom. The molecule has 1 heterocycles. The molecule has 5 aliphatic carbocycles. The first kappa shape index (κ1) is 32.2. The fourth-order valence-corrected chi connectivity index (χ4v) is 12.1. The number of amides is 1. The van der Waals surface area contributed by atoms with Crippen LogP contribution in [0.2, 0.25) is 5.02 Å². The van der Waals surface area contributed by atoms with Gasteiger partial charge in [0.25, 0.3) is 0 Å². The van der Waals surface area contributed by atoms with E-state index in [1.165, 1.54) is 24.8 Å². The fourth-order valence-electron chi connectivity index (χ4n) is 12.0. The van der Waals surface area contributed by atoms with Crippen molar-refractivity contribution in [1.82, 2.24) is 10.5 Å². The van der Waals surface area contributed by atoms with Crippen molar-refractivity contribution in [2.45, 2.75) is 119 Å². The molecule has 4 fully saturated rings. The van der Waals surface area contributed by atoms with Gasteiger partial charge in [-0.3, -0.25) is 9.59 Å². The van der Waals surface area contributed by atoms with Crippen LogP contribution in [0.5, 0.6) is 0 Å². The number of rotatable bonds is 4. The quantitative estimate of drug-likeness (QED) is 0.359. The van der Waals surface area contributed by atoms with Crippen molar-refractivity contribution < 1.29 is 14.1 Å². The maximum atomic E-state index is 14.6. The Morgan fingerprint density at radius 2 is 1.67 bits per heavy atom. The third-order valence-corrected chi connectivity index (χ3v) is 15.2. The smallest absolute Gasteiger partial charge is 0.226 e. The Hall–Kier alpha value is -2.40. The minimum Gasteiger partial charge on any atom is -0.359 e. The van der Waals surface area contributed by atoms with E-state index in [1.807, 2.05) is 30.3 Å². The van der Waals surface area contributed by atoms with Gasteiger partial charge in [0, 0.05) is 28.0 Å². The van der Waals surface area contributed by atoms with Gasteiger partial charge in [0.05, 0.1) is 6.54 Å². The summed E-state index contributed by atoms with van der Waals surface area (Å²) in [6, 6.07) is 9.37. The number of nitrogens with zero attached hydrogens (tertiary/aromatic N) is 1. The van der Waals surface area contributed by atoms with Gasteiger partial charge < -0.3 is 9.84 Å². The van der Waals surface area contributed by atoms with E-state index in [4.69, 9.17) is 16.1 Å². The molecule has 2 aromatic rings. The van der Waals surface area contributed by atoms with Gasteiger partial charge in [0.2, 0.25) is 5.91 Å². The van der Waals surface area contributed by atoms with Gasteiger partial charge in [-0.05, 0) is 115 Å². The zero-order valence-electron chi connectivity index (χ0n) is 29.0. The Labute approximate surface area is 280 Å². The molecular formula is C40H53ClN2O3. The number of allylic oxidation sites excluding steroid dienone is 2. The monoisotopic (exact) mass is 644 g/mol. The summed E-state index contributed by atoms with van der Waals surface area (Å²) in [4.78, 5) is 28.5. The molecule has 2 unspecified atom stereocenters. The van der Waals surface area contributed by atoms with Crippen LogP contribution < -0.4 is 5.32 Å². The fraction of sp³-hybridized carbons (Fsp3) is 0.675. The van der Waals surface area contributed by atoms with Crippen LogP contribution in [-0.2, 0) is 16.1 Å². The second kappa shape index (κ2) is 10.5. The summed E-state index contributed by atoms with van der Waals surface area (Å²) in [5.41, 5.74) is 2.85. The van der Waals surface area contributed by atoms with E-state index in [0.29, 0.717) is 29.0 Å². The number of nitrogens with one attached hydrogen (secondary N) is 1. The summed E-state index contributed by atoms with van der Waals surface area (Å²) in [5, 5.41) is 8.09. The number of hydrogen-bond acceptors (Lipinski definition) is 4. The van der Waals surface area contributed by atoms with Crippen molar-refractivity contribution in [3.8, 4) is 11.3 Å². The molecule has 0 saturated heterocycles.